The van der Waals surface area contributed by atoms with Gasteiger partial charge in [0.25, 0.3) is 12.4 Å². The second-order valence-corrected chi connectivity index (χ2v) is 9.40. The Bertz CT molecular complexity index is 1050. The summed E-state index contributed by atoms with van der Waals surface area (Å²) in [7, 11) is -1.56. The van der Waals surface area contributed by atoms with Crippen molar-refractivity contribution in [2.45, 2.75) is 18.2 Å². The standard InChI is InChI=1S/C20H24N4O3S.CH2O2/c1-15-3-6-17(7-4-15)28(26,27)24-13-11-23(12-14-24)20(25)18-8-5-16-9-10-22(2)19(16)21-18;2-1-3/h3-8H,9-14H2,1-2H3;1H,(H,2,3). The molecule has 1 aromatic carbocycles. The minimum absolute atomic E-state index is 0.143. The number of hydrogen-bond acceptors (Lipinski definition) is 6. The third-order valence-corrected chi connectivity index (χ3v) is 7.35. The van der Waals surface area contributed by atoms with Crippen LogP contribution in [0.3, 0.4) is 0 Å². The van der Waals surface area contributed by atoms with Crippen LogP contribution in [0, 0.1) is 6.92 Å². The molecule has 10 heteroatoms. The van der Waals surface area contributed by atoms with Crippen LogP contribution < -0.4 is 4.90 Å². The SMILES string of the molecule is Cc1ccc(S(=O)(=O)N2CCN(C(=O)c3ccc4c(n3)N(C)CC4)CC2)cc1.O=CO. The third-order valence-electron chi connectivity index (χ3n) is 5.44. The van der Waals surface area contributed by atoms with E-state index in [1.807, 2.05) is 20.0 Å². The predicted molar refractivity (Wildman–Crippen MR) is 116 cm³/mol. The molecule has 166 valence electrons. The minimum atomic E-state index is -3.53. The number of nitrogens with zero attached hydrogens (tertiary/aromatic N) is 4. The van der Waals surface area contributed by atoms with Gasteiger partial charge in [-0.2, -0.15) is 4.31 Å². The summed E-state index contributed by atoms with van der Waals surface area (Å²) in [4.78, 5) is 29.8. The minimum Gasteiger partial charge on any atom is -0.483 e. The summed E-state index contributed by atoms with van der Waals surface area (Å²) < 4.78 is 27.1. The monoisotopic (exact) mass is 446 g/mol. The molecule has 1 saturated heterocycles. The van der Waals surface area contributed by atoms with Gasteiger partial charge in [-0.15, -0.1) is 0 Å². The molecule has 0 unspecified atom stereocenters. The van der Waals surface area contributed by atoms with Gasteiger partial charge in [0.1, 0.15) is 11.5 Å². The van der Waals surface area contributed by atoms with E-state index in [-0.39, 0.29) is 25.5 Å². The molecule has 1 aromatic heterocycles. The fourth-order valence-corrected chi connectivity index (χ4v) is 5.09. The Balaban J connectivity index is 0.000000858. The maximum absolute atomic E-state index is 12.8. The summed E-state index contributed by atoms with van der Waals surface area (Å²) in [5.74, 6) is 0.724. The van der Waals surface area contributed by atoms with Gasteiger partial charge in [-0.1, -0.05) is 23.8 Å². The van der Waals surface area contributed by atoms with Crippen LogP contribution in [0.1, 0.15) is 21.6 Å². The zero-order valence-corrected chi connectivity index (χ0v) is 18.4. The molecule has 2 aliphatic heterocycles. The van der Waals surface area contributed by atoms with Gasteiger partial charge in [0, 0.05) is 39.8 Å². The zero-order valence-electron chi connectivity index (χ0n) is 17.6. The van der Waals surface area contributed by atoms with E-state index in [2.05, 4.69) is 9.88 Å². The van der Waals surface area contributed by atoms with Crippen molar-refractivity contribution < 1.29 is 23.1 Å². The Hall–Kier alpha value is -2.98. The summed E-state index contributed by atoms with van der Waals surface area (Å²) >= 11 is 0. The second-order valence-electron chi connectivity index (χ2n) is 7.47. The van der Waals surface area contributed by atoms with Crippen molar-refractivity contribution in [1.82, 2.24) is 14.2 Å². The van der Waals surface area contributed by atoms with Crippen LogP contribution in [0.5, 0.6) is 0 Å². The van der Waals surface area contributed by atoms with Crippen molar-refractivity contribution in [2.75, 3.05) is 44.7 Å². The lowest BCUT2D eigenvalue weighted by atomic mass is 10.2. The Kier molecular flexibility index (Phi) is 6.91. The number of fused-ring (bicyclic) bond motifs is 1. The Morgan fingerprint density at radius 2 is 1.65 bits per heavy atom. The highest BCUT2D eigenvalue weighted by Crippen LogP contribution is 2.25. The van der Waals surface area contributed by atoms with Gasteiger partial charge in [-0.05, 0) is 37.1 Å². The number of rotatable bonds is 3. The first-order chi connectivity index (χ1) is 14.8. The van der Waals surface area contributed by atoms with Crippen molar-refractivity contribution in [2.24, 2.45) is 0 Å². The van der Waals surface area contributed by atoms with Gasteiger partial charge in [0.15, 0.2) is 0 Å². The Morgan fingerprint density at radius 3 is 2.26 bits per heavy atom. The third kappa shape index (κ3) is 4.86. The fraction of sp³-hybridized carbons (Fsp3) is 0.381. The number of pyridine rings is 1. The fourth-order valence-electron chi connectivity index (χ4n) is 3.67. The topological polar surface area (TPSA) is 111 Å². The van der Waals surface area contributed by atoms with Crippen LogP contribution >= 0.6 is 0 Å². The predicted octanol–water partition coefficient (Wildman–Crippen LogP) is 1.23. The van der Waals surface area contributed by atoms with Gasteiger partial charge in [0.2, 0.25) is 10.0 Å². The van der Waals surface area contributed by atoms with Crippen molar-refractivity contribution in [1.29, 1.82) is 0 Å². The first-order valence-corrected chi connectivity index (χ1v) is 11.4. The normalized spacial score (nSPS) is 16.3. The molecule has 1 N–H and O–H groups in total. The Morgan fingerprint density at radius 1 is 1.03 bits per heavy atom. The molecule has 2 aliphatic rings. The van der Waals surface area contributed by atoms with Gasteiger partial charge < -0.3 is 14.9 Å². The van der Waals surface area contributed by atoms with Crippen molar-refractivity contribution in [3.63, 3.8) is 0 Å². The molecule has 3 heterocycles. The maximum atomic E-state index is 12.8. The van der Waals surface area contributed by atoms with Crippen LogP contribution in [0.15, 0.2) is 41.3 Å². The van der Waals surface area contributed by atoms with Crippen LogP contribution in [0.4, 0.5) is 5.82 Å². The summed E-state index contributed by atoms with van der Waals surface area (Å²) in [6.45, 7) is 3.87. The molecule has 2 aromatic rings. The van der Waals surface area contributed by atoms with Gasteiger partial charge >= 0.3 is 0 Å². The lowest BCUT2D eigenvalue weighted by Crippen LogP contribution is -2.50. The number of amides is 1. The lowest BCUT2D eigenvalue weighted by Gasteiger charge is -2.34. The van der Waals surface area contributed by atoms with E-state index in [9.17, 15) is 13.2 Å². The van der Waals surface area contributed by atoms with E-state index in [0.29, 0.717) is 23.7 Å². The largest absolute Gasteiger partial charge is 0.483 e. The lowest BCUT2D eigenvalue weighted by molar-refractivity contribution is -0.122. The molecular formula is C21H26N4O5S. The summed E-state index contributed by atoms with van der Waals surface area (Å²) in [5.41, 5.74) is 2.59. The average Bonchev–Trinajstić information content (AvgIpc) is 3.14. The van der Waals surface area contributed by atoms with Crippen LogP contribution in [0.25, 0.3) is 0 Å². The van der Waals surface area contributed by atoms with E-state index in [1.54, 1.807) is 35.2 Å². The van der Waals surface area contributed by atoms with Crippen molar-refractivity contribution in [3.05, 3.63) is 53.2 Å². The molecule has 0 atom stereocenters. The quantitative estimate of drug-likeness (QED) is 0.706. The number of carbonyl (C=O) groups is 2. The molecular weight excluding hydrogens is 420 g/mol. The summed E-state index contributed by atoms with van der Waals surface area (Å²) in [6.07, 6.45) is 0.947. The number of carboxylic acid groups (broad SMARTS) is 1. The summed E-state index contributed by atoms with van der Waals surface area (Å²) in [6, 6.07) is 10.6. The van der Waals surface area contributed by atoms with Crippen LogP contribution in [0.2, 0.25) is 0 Å². The van der Waals surface area contributed by atoms with E-state index < -0.39 is 10.0 Å². The average molecular weight is 447 g/mol. The van der Waals surface area contributed by atoms with E-state index >= 15 is 0 Å². The molecule has 31 heavy (non-hydrogen) atoms. The first kappa shape index (κ1) is 22.7. The van der Waals surface area contributed by atoms with Crippen molar-refractivity contribution >= 4 is 28.2 Å². The van der Waals surface area contributed by atoms with Gasteiger partial charge in [-0.25, -0.2) is 13.4 Å². The summed E-state index contributed by atoms with van der Waals surface area (Å²) in [5, 5.41) is 6.89. The number of likely N-dealkylation sites (N-methyl/N-ethyl adjacent to an activating group) is 1. The number of carbonyl (C=O) groups excluding carboxylic acids is 1. The number of anilines is 1. The molecule has 4 rings (SSSR count). The van der Waals surface area contributed by atoms with E-state index in [0.717, 1.165) is 29.9 Å². The molecule has 0 radical (unpaired) electrons. The number of sulfonamides is 1. The smallest absolute Gasteiger partial charge is 0.290 e. The van der Waals surface area contributed by atoms with Crippen LogP contribution in [-0.4, -0.2) is 79.9 Å². The highest BCUT2D eigenvalue weighted by molar-refractivity contribution is 7.89. The number of aryl methyl sites for hydroxylation is 1. The molecule has 1 fully saturated rings. The molecule has 0 bridgehead atoms. The maximum Gasteiger partial charge on any atom is 0.290 e. The van der Waals surface area contributed by atoms with Crippen LogP contribution in [-0.2, 0) is 21.2 Å². The van der Waals surface area contributed by atoms with E-state index in [1.165, 1.54) is 4.31 Å². The molecule has 9 nitrogen and oxygen atoms in total. The zero-order chi connectivity index (χ0) is 22.6. The first-order valence-electron chi connectivity index (χ1n) is 9.93. The van der Waals surface area contributed by atoms with Gasteiger partial charge in [0.05, 0.1) is 4.90 Å². The number of piperazine rings is 1. The number of aromatic nitrogens is 1. The molecule has 0 spiro atoms. The highest BCUT2D eigenvalue weighted by Gasteiger charge is 2.31. The molecule has 0 aliphatic carbocycles. The molecule has 0 saturated carbocycles. The second kappa shape index (κ2) is 9.44. The molecule has 1 amide bonds. The van der Waals surface area contributed by atoms with Gasteiger partial charge in [-0.3, -0.25) is 9.59 Å². The Labute approximate surface area is 182 Å². The number of hydrogen-bond donors (Lipinski definition) is 1. The van der Waals surface area contributed by atoms with Crippen molar-refractivity contribution in [3.8, 4) is 0 Å². The number of benzene rings is 1. The van der Waals surface area contributed by atoms with E-state index in [4.69, 9.17) is 9.90 Å². The highest BCUT2D eigenvalue weighted by atomic mass is 32.2.